The van der Waals surface area contributed by atoms with Gasteiger partial charge >= 0.3 is 5.97 Å². The smallest absolute Gasteiger partial charge is 0.337 e. The molecule has 0 spiro atoms. The number of hydrazone groups is 1. The van der Waals surface area contributed by atoms with Gasteiger partial charge in [0.15, 0.2) is 0 Å². The lowest BCUT2D eigenvalue weighted by atomic mass is 10.2. The molecule has 0 aliphatic heterocycles. The van der Waals surface area contributed by atoms with Gasteiger partial charge in [0.25, 0.3) is 5.91 Å². The molecule has 1 heterocycles. The van der Waals surface area contributed by atoms with Gasteiger partial charge in [-0.15, -0.1) is 0 Å². The predicted octanol–water partition coefficient (Wildman–Crippen LogP) is 4.98. The number of carboxylic acid groups (broad SMARTS) is 1. The molecule has 0 fully saturated rings. The fraction of sp³-hybridized carbons (Fsp3) is 0.136. The number of nitrogens with one attached hydrogen (secondary N) is 1. The Morgan fingerprint density at radius 1 is 1.16 bits per heavy atom. The summed E-state index contributed by atoms with van der Waals surface area (Å²) < 4.78 is 7.86. The maximum absolute atomic E-state index is 12.5. The minimum absolute atomic E-state index is 0.0251. The maximum Gasteiger partial charge on any atom is 0.337 e. The number of aromatic carboxylic acids is 1. The molecule has 0 radical (unpaired) electrons. The lowest BCUT2D eigenvalue weighted by molar-refractivity contribution is 0.0696. The number of hydrogen-bond donors (Lipinski definition) is 2. The third-order valence-electron chi connectivity index (χ3n) is 4.68. The van der Waals surface area contributed by atoms with Gasteiger partial charge in [-0.05, 0) is 56.3 Å². The number of aromatic nitrogens is 1. The van der Waals surface area contributed by atoms with E-state index in [0.717, 1.165) is 21.4 Å². The molecule has 0 unspecified atom stereocenters. The number of carbonyl (C=O) groups is 2. The molecule has 31 heavy (non-hydrogen) atoms. The average Bonchev–Trinajstić information content (AvgIpc) is 3.01. The summed E-state index contributed by atoms with van der Waals surface area (Å²) in [6.07, 6.45) is 1.54. The first kappa shape index (κ1) is 22.6. The molecule has 0 saturated carbocycles. The SMILES string of the molecule is COc1ccc(Br)cc1C(=O)N/N=C\c1cc(C)n(-c2ccc(Cl)c(C(=O)O)c2)c1C. The molecule has 9 heteroatoms. The molecule has 7 nitrogen and oxygen atoms in total. The number of rotatable bonds is 6. The van der Waals surface area contributed by atoms with Gasteiger partial charge < -0.3 is 14.4 Å². The van der Waals surface area contributed by atoms with Crippen LogP contribution in [0.5, 0.6) is 5.75 Å². The van der Waals surface area contributed by atoms with E-state index < -0.39 is 11.9 Å². The van der Waals surface area contributed by atoms with Crippen LogP contribution in [-0.4, -0.2) is 34.9 Å². The molecule has 1 aromatic heterocycles. The van der Waals surface area contributed by atoms with E-state index >= 15 is 0 Å². The van der Waals surface area contributed by atoms with Crippen LogP contribution in [0.15, 0.2) is 52.0 Å². The van der Waals surface area contributed by atoms with Gasteiger partial charge in [0, 0.05) is 27.1 Å². The molecule has 2 aromatic carbocycles. The van der Waals surface area contributed by atoms with Crippen LogP contribution < -0.4 is 10.2 Å². The zero-order valence-electron chi connectivity index (χ0n) is 16.9. The molecule has 0 aliphatic rings. The Bertz CT molecular complexity index is 1200. The Morgan fingerprint density at radius 2 is 1.90 bits per heavy atom. The fourth-order valence-electron chi connectivity index (χ4n) is 3.21. The highest BCUT2D eigenvalue weighted by Crippen LogP contribution is 2.25. The normalized spacial score (nSPS) is 11.0. The Hall–Kier alpha value is -3.10. The molecule has 160 valence electrons. The Morgan fingerprint density at radius 3 is 2.58 bits per heavy atom. The summed E-state index contributed by atoms with van der Waals surface area (Å²) in [6.45, 7) is 3.77. The molecule has 1 amide bonds. The minimum Gasteiger partial charge on any atom is -0.496 e. The van der Waals surface area contributed by atoms with E-state index in [1.807, 2.05) is 24.5 Å². The van der Waals surface area contributed by atoms with E-state index in [2.05, 4.69) is 26.5 Å². The molecule has 0 aliphatic carbocycles. The number of methoxy groups -OCH3 is 1. The van der Waals surface area contributed by atoms with Gasteiger partial charge in [0.2, 0.25) is 0 Å². The van der Waals surface area contributed by atoms with Crippen molar-refractivity contribution in [1.29, 1.82) is 0 Å². The topological polar surface area (TPSA) is 92.9 Å². The van der Waals surface area contributed by atoms with Crippen molar-refractivity contribution in [1.82, 2.24) is 9.99 Å². The Labute approximate surface area is 192 Å². The lowest BCUT2D eigenvalue weighted by Gasteiger charge is -2.11. The van der Waals surface area contributed by atoms with Gasteiger partial charge in [-0.3, -0.25) is 4.79 Å². The standard InChI is InChI=1S/C22H19BrClN3O4/c1-12-8-14(11-25-26-21(28)18-9-15(23)4-7-20(18)31-3)13(2)27(12)16-5-6-19(24)17(10-16)22(29)30/h4-11H,1-3H3,(H,26,28)(H,29,30)/b25-11-. The second kappa shape index (κ2) is 9.36. The largest absolute Gasteiger partial charge is 0.496 e. The summed E-state index contributed by atoms with van der Waals surface area (Å²) in [7, 11) is 1.49. The summed E-state index contributed by atoms with van der Waals surface area (Å²) >= 11 is 9.32. The van der Waals surface area contributed by atoms with Gasteiger partial charge in [-0.2, -0.15) is 5.10 Å². The molecule has 2 N–H and O–H groups in total. The summed E-state index contributed by atoms with van der Waals surface area (Å²) in [4.78, 5) is 23.9. The predicted molar refractivity (Wildman–Crippen MR) is 123 cm³/mol. The number of aryl methyl sites for hydroxylation is 1. The lowest BCUT2D eigenvalue weighted by Crippen LogP contribution is -2.18. The van der Waals surface area contributed by atoms with Crippen LogP contribution in [0.25, 0.3) is 5.69 Å². The summed E-state index contributed by atoms with van der Waals surface area (Å²) in [5.41, 5.74) is 6.01. The van der Waals surface area contributed by atoms with Crippen LogP contribution in [-0.2, 0) is 0 Å². The zero-order valence-corrected chi connectivity index (χ0v) is 19.3. The number of carboxylic acids is 1. The van der Waals surface area contributed by atoms with Crippen molar-refractivity contribution in [3.05, 3.63) is 80.0 Å². The van der Waals surface area contributed by atoms with Gasteiger partial charge in [0.1, 0.15) is 5.75 Å². The maximum atomic E-state index is 12.5. The third kappa shape index (κ3) is 4.81. The monoisotopic (exact) mass is 503 g/mol. The number of benzene rings is 2. The molecular weight excluding hydrogens is 486 g/mol. The number of carbonyl (C=O) groups excluding carboxylic acids is 1. The van der Waals surface area contributed by atoms with Crippen LogP contribution in [0.4, 0.5) is 0 Å². The highest BCUT2D eigenvalue weighted by Gasteiger charge is 2.15. The quantitative estimate of drug-likeness (QED) is 0.366. The van der Waals surface area contributed by atoms with E-state index in [-0.39, 0.29) is 10.6 Å². The summed E-state index contributed by atoms with van der Waals surface area (Å²) in [6, 6.07) is 11.8. The highest BCUT2D eigenvalue weighted by atomic mass is 79.9. The van der Waals surface area contributed by atoms with E-state index in [9.17, 15) is 14.7 Å². The molecule has 0 atom stereocenters. The van der Waals surface area contributed by atoms with Crippen LogP contribution in [0.1, 0.15) is 37.7 Å². The van der Waals surface area contributed by atoms with Crippen molar-refractivity contribution in [3.8, 4) is 11.4 Å². The number of halogens is 2. The minimum atomic E-state index is -1.10. The van der Waals surface area contributed by atoms with E-state index in [0.29, 0.717) is 17.0 Å². The second-order valence-corrected chi connectivity index (χ2v) is 8.00. The molecule has 3 rings (SSSR count). The summed E-state index contributed by atoms with van der Waals surface area (Å²) in [5, 5.41) is 13.6. The van der Waals surface area contributed by atoms with Crippen LogP contribution >= 0.6 is 27.5 Å². The Balaban J connectivity index is 1.86. The van der Waals surface area contributed by atoms with Crippen LogP contribution in [0.2, 0.25) is 5.02 Å². The van der Waals surface area contributed by atoms with Gasteiger partial charge in [-0.25, -0.2) is 10.2 Å². The number of amides is 1. The highest BCUT2D eigenvalue weighted by molar-refractivity contribution is 9.10. The fourth-order valence-corrected chi connectivity index (χ4v) is 3.77. The number of ether oxygens (including phenoxy) is 1. The average molecular weight is 505 g/mol. The van der Waals surface area contributed by atoms with Crippen molar-refractivity contribution in [2.75, 3.05) is 7.11 Å². The second-order valence-electron chi connectivity index (χ2n) is 6.67. The van der Waals surface area contributed by atoms with Crippen molar-refractivity contribution >= 4 is 45.6 Å². The number of nitrogens with zero attached hydrogens (tertiary/aromatic N) is 2. The molecule has 0 saturated heterocycles. The summed E-state index contributed by atoms with van der Waals surface area (Å²) in [5.74, 6) is -1.07. The zero-order chi connectivity index (χ0) is 22.7. The van der Waals surface area contributed by atoms with Crippen molar-refractivity contribution in [3.63, 3.8) is 0 Å². The van der Waals surface area contributed by atoms with E-state index in [1.165, 1.54) is 19.4 Å². The first-order chi connectivity index (χ1) is 14.7. The third-order valence-corrected chi connectivity index (χ3v) is 5.51. The molecular formula is C22H19BrClN3O4. The first-order valence-electron chi connectivity index (χ1n) is 9.12. The van der Waals surface area contributed by atoms with Crippen LogP contribution in [0, 0.1) is 13.8 Å². The van der Waals surface area contributed by atoms with Gasteiger partial charge in [-0.1, -0.05) is 27.5 Å². The van der Waals surface area contributed by atoms with Gasteiger partial charge in [0.05, 0.1) is 29.5 Å². The Kier molecular flexibility index (Phi) is 6.82. The molecule has 0 bridgehead atoms. The van der Waals surface area contributed by atoms with Crippen LogP contribution in [0.3, 0.4) is 0 Å². The molecule has 3 aromatic rings. The van der Waals surface area contributed by atoms with Crippen molar-refractivity contribution < 1.29 is 19.4 Å². The van der Waals surface area contributed by atoms with Crippen molar-refractivity contribution in [2.45, 2.75) is 13.8 Å². The van der Waals surface area contributed by atoms with Crippen molar-refractivity contribution in [2.24, 2.45) is 5.10 Å². The van der Waals surface area contributed by atoms with E-state index in [4.69, 9.17) is 16.3 Å². The van der Waals surface area contributed by atoms with E-state index in [1.54, 1.807) is 30.3 Å². The first-order valence-corrected chi connectivity index (χ1v) is 10.3. The number of hydrogen-bond acceptors (Lipinski definition) is 4.